The molecule has 0 aromatic carbocycles. The molecular weight excluding hydrogens is 299 g/mol. The van der Waals surface area contributed by atoms with Crippen molar-refractivity contribution in [1.29, 1.82) is 0 Å². The summed E-state index contributed by atoms with van der Waals surface area (Å²) in [4.78, 5) is 23.2. The molecule has 1 aliphatic rings. The summed E-state index contributed by atoms with van der Waals surface area (Å²) in [5.74, 6) is -11.6. The van der Waals surface area contributed by atoms with Crippen LogP contribution in [0.2, 0.25) is 0 Å². The van der Waals surface area contributed by atoms with E-state index in [2.05, 4.69) is 0 Å². The summed E-state index contributed by atoms with van der Waals surface area (Å²) >= 11 is 0. The van der Waals surface area contributed by atoms with Crippen molar-refractivity contribution in [2.45, 2.75) is 18.5 Å². The van der Waals surface area contributed by atoms with Gasteiger partial charge >= 0.3 is 12.1 Å². The van der Waals surface area contributed by atoms with Crippen molar-refractivity contribution >= 4 is 11.6 Å². The first-order chi connectivity index (χ1) is 9.64. The van der Waals surface area contributed by atoms with Gasteiger partial charge in [-0.25, -0.2) is 0 Å². The van der Waals surface area contributed by atoms with Crippen LogP contribution in [0.15, 0.2) is 35.0 Å². The van der Waals surface area contributed by atoms with Crippen LogP contribution in [0.5, 0.6) is 0 Å². The maximum Gasteiger partial charge on any atom is 0.453 e. The number of carbonyl (C=O) groups is 2. The van der Waals surface area contributed by atoms with Crippen LogP contribution in [0.4, 0.5) is 22.0 Å². The lowest BCUT2D eigenvalue weighted by atomic mass is 9.76. The first kappa shape index (κ1) is 15.4. The molecule has 114 valence electrons. The Kier molecular flexibility index (Phi) is 3.73. The zero-order valence-corrected chi connectivity index (χ0v) is 10.4. The Morgan fingerprint density at radius 1 is 1.24 bits per heavy atom. The molecule has 0 N–H and O–H groups in total. The minimum atomic E-state index is -5.84. The summed E-state index contributed by atoms with van der Waals surface area (Å²) in [6.45, 7) is 0. The fourth-order valence-corrected chi connectivity index (χ4v) is 2.17. The van der Waals surface area contributed by atoms with Crippen LogP contribution in [0, 0.1) is 11.8 Å². The first-order valence-electron chi connectivity index (χ1n) is 5.88. The first-order valence-corrected chi connectivity index (χ1v) is 5.88. The molecule has 0 amide bonds. The quantitative estimate of drug-likeness (QED) is 0.635. The topological polar surface area (TPSA) is 47.3 Å². The summed E-state index contributed by atoms with van der Waals surface area (Å²) < 4.78 is 69.3. The van der Waals surface area contributed by atoms with E-state index < -0.39 is 41.9 Å². The van der Waals surface area contributed by atoms with E-state index in [0.29, 0.717) is 0 Å². The van der Waals surface area contributed by atoms with Crippen LogP contribution < -0.4 is 0 Å². The van der Waals surface area contributed by atoms with Crippen molar-refractivity contribution in [2.75, 3.05) is 0 Å². The Bertz CT molecular complexity index is 571. The minimum Gasteiger partial charge on any atom is -0.461 e. The van der Waals surface area contributed by atoms with Gasteiger partial charge in [-0.1, -0.05) is 6.08 Å². The number of hydrogen-bond acceptors (Lipinski definition) is 3. The predicted octanol–water partition coefficient (Wildman–Crippen LogP) is 3.42. The fraction of sp³-hybridized carbons (Fsp3) is 0.385. The Morgan fingerprint density at radius 3 is 2.43 bits per heavy atom. The van der Waals surface area contributed by atoms with Gasteiger partial charge < -0.3 is 4.42 Å². The van der Waals surface area contributed by atoms with Crippen LogP contribution in [0.3, 0.4) is 0 Å². The van der Waals surface area contributed by atoms with Gasteiger partial charge in [0.15, 0.2) is 11.5 Å². The highest BCUT2D eigenvalue weighted by atomic mass is 19.4. The molecule has 0 saturated carbocycles. The second-order valence-corrected chi connectivity index (χ2v) is 4.62. The van der Waals surface area contributed by atoms with E-state index >= 15 is 0 Å². The van der Waals surface area contributed by atoms with Gasteiger partial charge in [-0.15, -0.1) is 0 Å². The van der Waals surface area contributed by atoms with Crippen LogP contribution in [-0.4, -0.2) is 23.7 Å². The van der Waals surface area contributed by atoms with Crippen molar-refractivity contribution in [1.82, 2.24) is 0 Å². The number of ketones is 2. The van der Waals surface area contributed by atoms with Crippen LogP contribution in [0.1, 0.15) is 17.0 Å². The number of alkyl halides is 5. The zero-order valence-electron chi connectivity index (χ0n) is 10.4. The fourth-order valence-electron chi connectivity index (χ4n) is 2.17. The van der Waals surface area contributed by atoms with Crippen molar-refractivity contribution in [3.05, 3.63) is 36.3 Å². The molecule has 0 radical (unpaired) electrons. The van der Waals surface area contributed by atoms with E-state index in [9.17, 15) is 31.5 Å². The molecule has 0 saturated heterocycles. The number of furan rings is 1. The SMILES string of the molecule is O=C1C=C[C@H](C(=O)c2ccco2)[C@@H](C(F)(F)C(F)(F)F)C1. The molecular formula is C13H9F5O3. The highest BCUT2D eigenvalue weighted by molar-refractivity contribution is 6.00. The molecule has 0 fully saturated rings. The number of hydrogen-bond donors (Lipinski definition) is 0. The molecule has 1 heterocycles. The number of Topliss-reactive ketones (excluding diaryl/α,β-unsaturated/α-hetero) is 1. The molecule has 1 aromatic rings. The highest BCUT2D eigenvalue weighted by Gasteiger charge is 2.65. The summed E-state index contributed by atoms with van der Waals surface area (Å²) in [5.41, 5.74) is 0. The van der Waals surface area contributed by atoms with E-state index in [1.807, 2.05) is 0 Å². The largest absolute Gasteiger partial charge is 0.461 e. The van der Waals surface area contributed by atoms with Crippen LogP contribution >= 0.6 is 0 Å². The van der Waals surface area contributed by atoms with Gasteiger partial charge in [-0.2, -0.15) is 22.0 Å². The highest BCUT2D eigenvalue weighted by Crippen LogP contribution is 2.47. The molecule has 0 unspecified atom stereocenters. The Hall–Kier alpha value is -1.99. The average molecular weight is 308 g/mol. The van der Waals surface area contributed by atoms with Gasteiger partial charge in [0.05, 0.1) is 18.1 Å². The van der Waals surface area contributed by atoms with E-state index in [-0.39, 0.29) is 5.76 Å². The third kappa shape index (κ3) is 2.74. The minimum absolute atomic E-state index is 0.332. The van der Waals surface area contributed by atoms with Gasteiger partial charge in [0.2, 0.25) is 5.78 Å². The zero-order chi connectivity index (χ0) is 15.8. The van der Waals surface area contributed by atoms with Crippen LogP contribution in [0.25, 0.3) is 0 Å². The normalized spacial score (nSPS) is 23.4. The van der Waals surface area contributed by atoms with E-state index in [1.54, 1.807) is 0 Å². The molecule has 21 heavy (non-hydrogen) atoms. The number of rotatable bonds is 3. The average Bonchev–Trinajstić information content (AvgIpc) is 2.90. The van der Waals surface area contributed by atoms with Gasteiger partial charge in [0.25, 0.3) is 0 Å². The number of carbonyl (C=O) groups excluding carboxylic acids is 2. The lowest BCUT2D eigenvalue weighted by Gasteiger charge is -2.33. The maximum atomic E-state index is 13.5. The third-order valence-corrected chi connectivity index (χ3v) is 3.25. The Balaban J connectivity index is 2.40. The maximum absolute atomic E-state index is 13.5. The Morgan fingerprint density at radius 2 is 1.90 bits per heavy atom. The van der Waals surface area contributed by atoms with Crippen molar-refractivity contribution < 1.29 is 36.0 Å². The van der Waals surface area contributed by atoms with Crippen molar-refractivity contribution in [3.63, 3.8) is 0 Å². The smallest absolute Gasteiger partial charge is 0.453 e. The second kappa shape index (κ2) is 5.09. The molecule has 0 bridgehead atoms. The van der Waals surface area contributed by atoms with Crippen molar-refractivity contribution in [3.8, 4) is 0 Å². The molecule has 2 rings (SSSR count). The lowest BCUT2D eigenvalue weighted by molar-refractivity contribution is -0.305. The van der Waals surface area contributed by atoms with Gasteiger partial charge in [0.1, 0.15) is 0 Å². The molecule has 3 nitrogen and oxygen atoms in total. The molecule has 1 aromatic heterocycles. The molecule has 2 atom stereocenters. The summed E-state index contributed by atoms with van der Waals surface area (Å²) in [6.07, 6.45) is -4.18. The third-order valence-electron chi connectivity index (χ3n) is 3.25. The molecule has 8 heteroatoms. The standard InChI is InChI=1S/C13H9F5O3/c14-12(15,13(16,17)18)9-6-7(19)3-4-8(9)11(20)10-2-1-5-21-10/h1-5,8-9H,6H2/t8-,9-/m0/s1. The van der Waals surface area contributed by atoms with E-state index in [0.717, 1.165) is 24.5 Å². The van der Waals surface area contributed by atoms with Crippen LogP contribution in [-0.2, 0) is 4.79 Å². The van der Waals surface area contributed by atoms with Gasteiger partial charge in [-0.05, 0) is 18.2 Å². The molecule has 0 aliphatic heterocycles. The lowest BCUT2D eigenvalue weighted by Crippen LogP contribution is -2.49. The van der Waals surface area contributed by atoms with E-state index in [1.165, 1.54) is 6.07 Å². The van der Waals surface area contributed by atoms with Gasteiger partial charge in [-0.3, -0.25) is 9.59 Å². The summed E-state index contributed by atoms with van der Waals surface area (Å²) in [7, 11) is 0. The van der Waals surface area contributed by atoms with Gasteiger partial charge in [0, 0.05) is 6.42 Å². The predicted molar refractivity (Wildman–Crippen MR) is 59.8 cm³/mol. The number of halogens is 5. The summed E-state index contributed by atoms with van der Waals surface area (Å²) in [6, 6.07) is 2.47. The Labute approximate surface area is 115 Å². The van der Waals surface area contributed by atoms with Crippen molar-refractivity contribution in [2.24, 2.45) is 11.8 Å². The number of allylic oxidation sites excluding steroid dienone is 2. The molecule has 0 spiro atoms. The van der Waals surface area contributed by atoms with E-state index in [4.69, 9.17) is 4.42 Å². The monoisotopic (exact) mass is 308 g/mol. The molecule has 1 aliphatic carbocycles. The second-order valence-electron chi connectivity index (χ2n) is 4.62. The summed E-state index contributed by atoms with van der Waals surface area (Å²) in [5, 5.41) is 0.